The van der Waals surface area contributed by atoms with Crippen LogP contribution in [0, 0.1) is 0 Å². The quantitative estimate of drug-likeness (QED) is 0.552. The molecule has 4 nitrogen and oxygen atoms in total. The van der Waals surface area contributed by atoms with Crippen molar-refractivity contribution in [1.82, 2.24) is 4.57 Å². The summed E-state index contributed by atoms with van der Waals surface area (Å²) in [5.74, 6) is -0.750. The van der Waals surface area contributed by atoms with Crippen LogP contribution in [-0.4, -0.2) is 19.9 Å². The fraction of sp³-hybridized carbons (Fsp3) is 0.500. The van der Waals surface area contributed by atoms with Crippen LogP contribution >= 0.6 is 0 Å². The van der Waals surface area contributed by atoms with Crippen molar-refractivity contribution >= 4 is 0 Å². The summed E-state index contributed by atoms with van der Waals surface area (Å²) < 4.78 is 1.25. The lowest BCUT2D eigenvalue weighted by Crippen LogP contribution is -2.20. The van der Waals surface area contributed by atoms with Gasteiger partial charge in [-0.25, -0.2) is 0 Å². The molecule has 0 saturated heterocycles. The van der Waals surface area contributed by atoms with Gasteiger partial charge in [0.25, 0.3) is 0 Å². The highest BCUT2D eigenvalue weighted by atomic mass is 16.3. The fourth-order valence-electron chi connectivity index (χ4n) is 1.14. The van der Waals surface area contributed by atoms with Crippen LogP contribution in [-0.2, 0) is 5.54 Å². The average Bonchev–Trinajstić information content (AvgIpc) is 2.05. The maximum Gasteiger partial charge on any atom is 0.237 e. The van der Waals surface area contributed by atoms with Gasteiger partial charge in [-0.3, -0.25) is 4.57 Å². The second-order valence-corrected chi connectivity index (χ2v) is 3.72. The summed E-state index contributed by atoms with van der Waals surface area (Å²) in [6.45, 7) is 5.43. The van der Waals surface area contributed by atoms with Crippen LogP contribution in [0.3, 0.4) is 0 Å². The Bertz CT molecular complexity index is 296. The molecule has 0 aromatic carbocycles. The maximum atomic E-state index is 9.31. The van der Waals surface area contributed by atoms with E-state index in [1.807, 2.05) is 20.8 Å². The molecular formula is C8H13NO3. The van der Waals surface area contributed by atoms with E-state index in [9.17, 15) is 10.2 Å². The van der Waals surface area contributed by atoms with Gasteiger partial charge in [0.1, 0.15) is 0 Å². The molecule has 1 heterocycles. The number of hydrogen-bond donors (Lipinski definition) is 3. The molecule has 1 aromatic rings. The normalized spacial score (nSPS) is 11.9. The van der Waals surface area contributed by atoms with E-state index in [0.29, 0.717) is 0 Å². The lowest BCUT2D eigenvalue weighted by atomic mass is 10.1. The van der Waals surface area contributed by atoms with Crippen molar-refractivity contribution in [3.05, 3.63) is 6.07 Å². The average molecular weight is 171 g/mol. The van der Waals surface area contributed by atoms with Gasteiger partial charge >= 0.3 is 0 Å². The Morgan fingerprint density at radius 3 is 1.83 bits per heavy atom. The maximum absolute atomic E-state index is 9.31. The second kappa shape index (κ2) is 2.33. The topological polar surface area (TPSA) is 65.6 Å². The van der Waals surface area contributed by atoms with Gasteiger partial charge in [0, 0.05) is 11.6 Å². The molecule has 4 heteroatoms. The third-order valence-corrected chi connectivity index (χ3v) is 1.61. The number of rotatable bonds is 0. The van der Waals surface area contributed by atoms with Gasteiger partial charge < -0.3 is 15.3 Å². The standard InChI is InChI=1S/C8H13NO3/c1-8(2,3)9-6(11)4-5(10)7(9)12/h4,10-12H,1-3H3. The number of hydrogen-bond acceptors (Lipinski definition) is 3. The molecule has 0 radical (unpaired) electrons. The molecule has 0 saturated carbocycles. The zero-order chi connectivity index (χ0) is 9.52. The highest BCUT2D eigenvalue weighted by Crippen LogP contribution is 2.37. The van der Waals surface area contributed by atoms with Gasteiger partial charge in [-0.1, -0.05) is 0 Å². The summed E-state index contributed by atoms with van der Waals surface area (Å²) in [5, 5.41) is 27.7. The van der Waals surface area contributed by atoms with Crippen LogP contribution < -0.4 is 0 Å². The first-order valence-electron chi connectivity index (χ1n) is 3.67. The van der Waals surface area contributed by atoms with Crippen LogP contribution in [0.4, 0.5) is 0 Å². The highest BCUT2D eigenvalue weighted by molar-refractivity contribution is 5.41. The van der Waals surface area contributed by atoms with Crippen LogP contribution in [0.5, 0.6) is 17.5 Å². The van der Waals surface area contributed by atoms with Crippen LogP contribution in [0.25, 0.3) is 0 Å². The van der Waals surface area contributed by atoms with E-state index in [1.165, 1.54) is 4.57 Å². The fourth-order valence-corrected chi connectivity index (χ4v) is 1.14. The molecule has 68 valence electrons. The van der Waals surface area contributed by atoms with Gasteiger partial charge in [-0.15, -0.1) is 0 Å². The minimum Gasteiger partial charge on any atom is -0.503 e. The van der Waals surface area contributed by atoms with Gasteiger partial charge in [0.2, 0.25) is 5.88 Å². The Labute approximate surface area is 70.7 Å². The smallest absolute Gasteiger partial charge is 0.237 e. The number of nitrogens with zero attached hydrogens (tertiary/aromatic N) is 1. The van der Waals surface area contributed by atoms with E-state index >= 15 is 0 Å². The summed E-state index contributed by atoms with van der Waals surface area (Å²) in [5.41, 5.74) is -0.449. The molecule has 0 atom stereocenters. The molecule has 0 aliphatic rings. The Morgan fingerprint density at radius 1 is 1.17 bits per heavy atom. The van der Waals surface area contributed by atoms with Gasteiger partial charge in [-0.05, 0) is 20.8 Å². The van der Waals surface area contributed by atoms with E-state index in [1.54, 1.807) is 0 Å². The molecule has 0 unspecified atom stereocenters. The van der Waals surface area contributed by atoms with Crippen molar-refractivity contribution in [3.63, 3.8) is 0 Å². The van der Waals surface area contributed by atoms with Gasteiger partial charge in [0.05, 0.1) is 0 Å². The van der Waals surface area contributed by atoms with Gasteiger partial charge in [0.15, 0.2) is 11.6 Å². The van der Waals surface area contributed by atoms with Crippen molar-refractivity contribution < 1.29 is 15.3 Å². The summed E-state index contributed by atoms with van der Waals surface area (Å²) in [6, 6.07) is 1.11. The van der Waals surface area contributed by atoms with Gasteiger partial charge in [-0.2, -0.15) is 0 Å². The van der Waals surface area contributed by atoms with E-state index in [0.717, 1.165) is 6.07 Å². The SMILES string of the molecule is CC(C)(C)n1c(O)cc(O)c1O. The largest absolute Gasteiger partial charge is 0.503 e. The van der Waals surface area contributed by atoms with E-state index < -0.39 is 5.54 Å². The van der Waals surface area contributed by atoms with Crippen LogP contribution in [0.2, 0.25) is 0 Å². The summed E-state index contributed by atoms with van der Waals surface area (Å²) >= 11 is 0. The first kappa shape index (κ1) is 8.77. The van der Waals surface area contributed by atoms with E-state index in [4.69, 9.17) is 5.11 Å². The Balaban J connectivity index is 3.32. The lowest BCUT2D eigenvalue weighted by molar-refractivity contribution is 0.277. The third kappa shape index (κ3) is 1.20. The van der Waals surface area contributed by atoms with E-state index in [-0.39, 0.29) is 17.5 Å². The van der Waals surface area contributed by atoms with Crippen molar-refractivity contribution in [3.8, 4) is 17.5 Å². The molecule has 0 spiro atoms. The van der Waals surface area contributed by atoms with Crippen molar-refractivity contribution in [2.45, 2.75) is 26.3 Å². The lowest BCUT2D eigenvalue weighted by Gasteiger charge is -2.22. The molecule has 1 aromatic heterocycles. The molecule has 0 amide bonds. The highest BCUT2D eigenvalue weighted by Gasteiger charge is 2.23. The molecular weight excluding hydrogens is 158 g/mol. The summed E-state index contributed by atoms with van der Waals surface area (Å²) in [6.07, 6.45) is 0. The van der Waals surface area contributed by atoms with Crippen molar-refractivity contribution in [2.75, 3.05) is 0 Å². The molecule has 0 aliphatic carbocycles. The Kier molecular flexibility index (Phi) is 1.71. The number of aromatic nitrogens is 1. The molecule has 3 N–H and O–H groups in total. The summed E-state index contributed by atoms with van der Waals surface area (Å²) in [4.78, 5) is 0. The number of aromatic hydroxyl groups is 3. The molecule has 12 heavy (non-hydrogen) atoms. The first-order valence-corrected chi connectivity index (χ1v) is 3.67. The third-order valence-electron chi connectivity index (χ3n) is 1.61. The van der Waals surface area contributed by atoms with E-state index in [2.05, 4.69) is 0 Å². The van der Waals surface area contributed by atoms with Crippen LogP contribution in [0.1, 0.15) is 20.8 Å². The zero-order valence-corrected chi connectivity index (χ0v) is 7.37. The Hall–Kier alpha value is -1.32. The first-order chi connectivity index (χ1) is 5.34. The molecule has 1 rings (SSSR count). The zero-order valence-electron chi connectivity index (χ0n) is 7.37. The monoisotopic (exact) mass is 171 g/mol. The predicted octanol–water partition coefficient (Wildman–Crippen LogP) is 1.36. The molecule has 0 bridgehead atoms. The molecule has 0 aliphatic heterocycles. The predicted molar refractivity (Wildman–Crippen MR) is 44.4 cm³/mol. The summed E-state index contributed by atoms with van der Waals surface area (Å²) in [7, 11) is 0. The molecule has 0 fully saturated rings. The minimum absolute atomic E-state index is 0.141. The van der Waals surface area contributed by atoms with Crippen molar-refractivity contribution in [2.24, 2.45) is 0 Å². The second-order valence-electron chi connectivity index (χ2n) is 3.72. The minimum atomic E-state index is -0.449. The Morgan fingerprint density at radius 2 is 1.67 bits per heavy atom. The van der Waals surface area contributed by atoms with Crippen molar-refractivity contribution in [1.29, 1.82) is 0 Å². The van der Waals surface area contributed by atoms with Crippen LogP contribution in [0.15, 0.2) is 6.07 Å².